The van der Waals surface area contributed by atoms with Crippen molar-refractivity contribution in [1.29, 1.82) is 0 Å². The molecule has 0 radical (unpaired) electrons. The molecule has 614 valence electrons. The highest BCUT2D eigenvalue weighted by Gasteiger charge is 2.46. The third-order valence-electron chi connectivity index (χ3n) is 31.7. The molecule has 0 amide bonds. The number of benzene rings is 14. The fraction of sp³-hybridized carbons (Fsp3) is 0.311. The molecule has 0 aliphatic heterocycles. The molecule has 0 bridgehead atoms. The molecule has 14 aromatic carbocycles. The highest BCUT2D eigenvalue weighted by atomic mass is 14.7. The maximum atomic E-state index is 3.82. The van der Waals surface area contributed by atoms with Crippen LogP contribution in [0.4, 0.5) is 0 Å². The van der Waals surface area contributed by atoms with Crippen molar-refractivity contribution in [2.75, 3.05) is 0 Å². The second-order valence-corrected chi connectivity index (χ2v) is 40.2. The number of H-pyrrole nitrogens is 1. The van der Waals surface area contributed by atoms with Crippen molar-refractivity contribution < 1.29 is 0 Å². The van der Waals surface area contributed by atoms with Gasteiger partial charge >= 0.3 is 0 Å². The van der Waals surface area contributed by atoms with Gasteiger partial charge in [0.05, 0.1) is 0 Å². The summed E-state index contributed by atoms with van der Waals surface area (Å²) in [5, 5.41) is 2.50. The Morgan fingerprint density at radius 1 is 0.179 bits per heavy atom. The smallest absolute Gasteiger partial charge is 0.0465 e. The van der Waals surface area contributed by atoms with Gasteiger partial charge in [-0.05, 0) is 311 Å². The van der Waals surface area contributed by atoms with Crippen LogP contribution in [-0.4, -0.2) is 4.98 Å². The summed E-state index contributed by atoms with van der Waals surface area (Å²) in [6.45, 7) is 29.0. The number of unbranched alkanes of at least 4 members (excludes halogenated alkanes) is 12. The highest BCUT2D eigenvalue weighted by molar-refractivity contribution is 6.10. The Morgan fingerprint density at radius 3 is 0.593 bits per heavy atom. The molecule has 123 heavy (non-hydrogen) atoms. The van der Waals surface area contributed by atoms with Gasteiger partial charge in [0.15, 0.2) is 0 Å². The maximum Gasteiger partial charge on any atom is 0.0465 e. The van der Waals surface area contributed by atoms with Crippen LogP contribution in [0, 0.1) is 0 Å². The molecule has 1 heteroatoms. The van der Waals surface area contributed by atoms with E-state index in [-0.39, 0.29) is 32.5 Å². The standard InChI is InChI=1S/C122H121N/c1-13-17-21-29-61-121(62-30-22-18-14-2)103-35-27-25-33-89(103)99-57-45-87(75-113(99)121)85-43-55-97-95-53-41-83(71-109(95)119(9,10)111(97)73-85)81-39-51-93-91-49-37-79(67-105(91)117(5,6)107(93)69-81)77-47-59-115-101(65-77)102-66-78(48-60-116(102)123-115)80-38-50-92-94-52-40-82(70-108(94)118(7,8)106(92)68-80)84-42-54-96-98-56-44-86(74-112(98)120(11,12)110(96)72-84)88-46-58-100-90-34-26-28-36-104(90)122(114(100)76-88,63-31-23-19-15-3)64-32-24-20-16-4/h25-28,33-60,65-76,123H,13-24,29-32,61-64H2,1-12H3. The third kappa shape index (κ3) is 12.6. The van der Waals surface area contributed by atoms with Gasteiger partial charge in [-0.3, -0.25) is 0 Å². The van der Waals surface area contributed by atoms with Crippen LogP contribution in [-0.2, 0) is 32.5 Å². The Hall–Kier alpha value is -11.1. The fourth-order valence-corrected chi connectivity index (χ4v) is 24.7. The van der Waals surface area contributed by atoms with Crippen molar-refractivity contribution in [3.05, 3.63) is 334 Å². The minimum Gasteiger partial charge on any atom is -0.355 e. The van der Waals surface area contributed by atoms with Crippen molar-refractivity contribution in [3.63, 3.8) is 0 Å². The van der Waals surface area contributed by atoms with Gasteiger partial charge in [0.2, 0.25) is 0 Å². The number of rotatable bonds is 26. The third-order valence-corrected chi connectivity index (χ3v) is 31.7. The summed E-state index contributed by atoms with van der Waals surface area (Å²) in [5.74, 6) is 0. The molecule has 0 fully saturated rings. The molecule has 0 spiro atoms. The zero-order chi connectivity index (χ0) is 84.1. The molecular weight excluding hydrogens is 1480 g/mol. The van der Waals surface area contributed by atoms with Gasteiger partial charge in [0, 0.05) is 54.3 Å². The molecule has 6 aliphatic rings. The van der Waals surface area contributed by atoms with Gasteiger partial charge < -0.3 is 4.98 Å². The zero-order valence-electron chi connectivity index (χ0n) is 75.0. The molecule has 0 atom stereocenters. The summed E-state index contributed by atoms with van der Waals surface area (Å²) in [5.41, 5.74) is 51.3. The van der Waals surface area contributed by atoms with E-state index in [1.54, 1.807) is 22.3 Å². The first-order valence-corrected chi connectivity index (χ1v) is 47.5. The average molecular weight is 1600 g/mol. The second kappa shape index (κ2) is 30.4. The van der Waals surface area contributed by atoms with Gasteiger partial charge in [-0.25, -0.2) is 0 Å². The lowest BCUT2D eigenvalue weighted by atomic mass is 9.70. The zero-order valence-corrected chi connectivity index (χ0v) is 75.0. The molecule has 15 aromatic rings. The van der Waals surface area contributed by atoms with E-state index >= 15 is 0 Å². The van der Waals surface area contributed by atoms with E-state index in [1.165, 1.54) is 317 Å². The van der Waals surface area contributed by atoms with Gasteiger partial charge in [0.1, 0.15) is 0 Å². The lowest BCUT2D eigenvalue weighted by molar-refractivity contribution is 0.401. The summed E-state index contributed by atoms with van der Waals surface area (Å²) in [4.78, 5) is 3.82. The van der Waals surface area contributed by atoms with Crippen molar-refractivity contribution in [3.8, 4) is 134 Å². The minimum absolute atomic E-state index is 0.0593. The quantitative estimate of drug-likeness (QED) is 0.0520. The van der Waals surface area contributed by atoms with Crippen molar-refractivity contribution in [2.24, 2.45) is 0 Å². The van der Waals surface area contributed by atoms with Crippen molar-refractivity contribution in [2.45, 2.75) is 244 Å². The molecule has 1 aromatic heterocycles. The Morgan fingerprint density at radius 2 is 0.366 bits per heavy atom. The van der Waals surface area contributed by atoms with E-state index < -0.39 is 0 Å². The van der Waals surface area contributed by atoms with Crippen molar-refractivity contribution >= 4 is 21.8 Å². The van der Waals surface area contributed by atoms with Crippen LogP contribution >= 0.6 is 0 Å². The Bertz CT molecular complexity index is 6330. The van der Waals surface area contributed by atoms with Crippen LogP contribution in [0.2, 0.25) is 0 Å². The predicted octanol–water partition coefficient (Wildman–Crippen LogP) is 35.0. The molecule has 0 unspecified atom stereocenters. The number of aromatic amines is 1. The summed E-state index contributed by atoms with van der Waals surface area (Å²) in [6.07, 6.45) is 25.5. The number of fused-ring (bicyclic) bond motifs is 21. The summed E-state index contributed by atoms with van der Waals surface area (Å²) in [6, 6.07) is 107. The van der Waals surface area contributed by atoms with Crippen LogP contribution in [0.3, 0.4) is 0 Å². The highest BCUT2D eigenvalue weighted by Crippen LogP contribution is 2.61. The molecule has 21 rings (SSSR count). The first kappa shape index (κ1) is 79.1. The molecule has 0 saturated heterocycles. The van der Waals surface area contributed by atoms with E-state index in [0.717, 1.165) is 11.0 Å². The van der Waals surface area contributed by atoms with Crippen LogP contribution in [0.1, 0.15) is 278 Å². The Kier molecular flexibility index (Phi) is 19.5. The first-order valence-electron chi connectivity index (χ1n) is 47.5. The Balaban J connectivity index is 0.521. The largest absolute Gasteiger partial charge is 0.355 e. The monoisotopic (exact) mass is 1600 g/mol. The average Bonchev–Trinajstić information content (AvgIpc) is 1.57. The van der Waals surface area contributed by atoms with Crippen LogP contribution in [0.15, 0.2) is 267 Å². The lowest BCUT2D eigenvalue weighted by Crippen LogP contribution is -2.25. The fourth-order valence-electron chi connectivity index (χ4n) is 24.7. The van der Waals surface area contributed by atoms with Gasteiger partial charge in [0.25, 0.3) is 0 Å². The molecular formula is C122H121N. The molecule has 6 aliphatic carbocycles. The SMILES string of the molecule is CCCCCCC1(CCCCCC)c2ccccc2-c2ccc(-c3ccc4c(c3)C(C)(C)c3cc(-c5ccc6c(c5)C(C)(C)c5cc(-c7ccc8[nH]c9ccc(-c%10ccc%11c(c%10)C(C)(C)c%10cc(-c%12ccc%13c(c%12)C(C)(C)c%12cc(-c%14ccc%15c(c%14)C(CCCCCC)(CCCCCC)c%14ccccc%14-%15)ccc%12-%13)ccc%10-%11)cc9c8c7)ccc5-6)ccc3-4)cc21. The van der Waals surface area contributed by atoms with E-state index in [2.05, 4.69) is 355 Å². The topological polar surface area (TPSA) is 15.8 Å². The van der Waals surface area contributed by atoms with E-state index in [0.29, 0.717) is 0 Å². The van der Waals surface area contributed by atoms with Gasteiger partial charge in [-0.2, -0.15) is 0 Å². The van der Waals surface area contributed by atoms with Gasteiger partial charge in [-0.15, -0.1) is 0 Å². The number of hydrogen-bond donors (Lipinski definition) is 1. The van der Waals surface area contributed by atoms with Crippen LogP contribution < -0.4 is 0 Å². The predicted molar refractivity (Wildman–Crippen MR) is 526 cm³/mol. The molecule has 1 nitrogen and oxygen atoms in total. The van der Waals surface area contributed by atoms with Gasteiger partial charge in [-0.1, -0.05) is 368 Å². The van der Waals surface area contributed by atoms with E-state index in [9.17, 15) is 0 Å². The normalized spacial score (nSPS) is 15.7. The molecule has 0 saturated carbocycles. The maximum absolute atomic E-state index is 3.82. The number of nitrogens with one attached hydrogen (secondary N) is 1. The lowest BCUT2D eigenvalue weighted by Gasteiger charge is -2.33. The molecule has 1 N–H and O–H groups in total. The number of hydrogen-bond acceptors (Lipinski definition) is 0. The first-order chi connectivity index (χ1) is 59.8. The van der Waals surface area contributed by atoms with E-state index in [1.807, 2.05) is 0 Å². The Labute approximate surface area is 733 Å². The van der Waals surface area contributed by atoms with Crippen LogP contribution in [0.25, 0.3) is 155 Å². The summed E-state index contributed by atoms with van der Waals surface area (Å²) < 4.78 is 0. The van der Waals surface area contributed by atoms with Crippen LogP contribution in [0.5, 0.6) is 0 Å². The summed E-state index contributed by atoms with van der Waals surface area (Å²) in [7, 11) is 0. The van der Waals surface area contributed by atoms with Crippen molar-refractivity contribution in [1.82, 2.24) is 4.98 Å². The minimum atomic E-state index is -0.203. The molecule has 1 heterocycles. The van der Waals surface area contributed by atoms with E-state index in [4.69, 9.17) is 0 Å². The summed E-state index contributed by atoms with van der Waals surface area (Å²) >= 11 is 0. The number of aromatic nitrogens is 1. The second-order valence-electron chi connectivity index (χ2n) is 40.2.